The van der Waals surface area contributed by atoms with E-state index in [0.717, 1.165) is 5.56 Å². The fourth-order valence-electron chi connectivity index (χ4n) is 2.18. The molecule has 0 aromatic heterocycles. The molecule has 0 spiro atoms. The second-order valence-electron chi connectivity index (χ2n) is 5.02. The third-order valence-corrected chi connectivity index (χ3v) is 3.40. The van der Waals surface area contributed by atoms with Crippen LogP contribution in [0.5, 0.6) is 0 Å². The minimum Gasteiger partial charge on any atom is -0.445 e. The molecule has 1 unspecified atom stereocenters. The summed E-state index contributed by atoms with van der Waals surface area (Å²) in [6, 6.07) is 15.3. The quantitative estimate of drug-likeness (QED) is 0.646. The van der Waals surface area contributed by atoms with Crippen molar-refractivity contribution in [2.75, 3.05) is 0 Å². The van der Waals surface area contributed by atoms with Crippen molar-refractivity contribution in [3.05, 3.63) is 75.8 Å². The lowest BCUT2D eigenvalue weighted by atomic mass is 10.0. The zero-order valence-corrected chi connectivity index (χ0v) is 12.8. The maximum absolute atomic E-state index is 11.9. The van der Waals surface area contributed by atoms with E-state index in [2.05, 4.69) is 5.32 Å². The second-order valence-corrected chi connectivity index (χ2v) is 5.02. The summed E-state index contributed by atoms with van der Waals surface area (Å²) in [7, 11) is 0. The first-order chi connectivity index (χ1) is 11.1. The molecule has 0 radical (unpaired) electrons. The Bertz CT molecular complexity index is 673. The van der Waals surface area contributed by atoms with E-state index < -0.39 is 11.0 Å². The third kappa shape index (κ3) is 4.81. The van der Waals surface area contributed by atoms with E-state index in [9.17, 15) is 14.9 Å². The maximum Gasteiger partial charge on any atom is 0.407 e. The van der Waals surface area contributed by atoms with Crippen molar-refractivity contribution in [3.8, 4) is 0 Å². The molecule has 0 saturated heterocycles. The Balaban J connectivity index is 1.97. The van der Waals surface area contributed by atoms with Crippen molar-refractivity contribution in [3.63, 3.8) is 0 Å². The van der Waals surface area contributed by atoms with E-state index >= 15 is 0 Å². The topological polar surface area (TPSA) is 81.5 Å². The Morgan fingerprint density at radius 3 is 2.61 bits per heavy atom. The summed E-state index contributed by atoms with van der Waals surface area (Å²) in [5.74, 6) is 0. The lowest BCUT2D eigenvalue weighted by molar-refractivity contribution is -0.384. The third-order valence-electron chi connectivity index (χ3n) is 3.40. The molecule has 6 nitrogen and oxygen atoms in total. The molecule has 2 rings (SSSR count). The summed E-state index contributed by atoms with van der Waals surface area (Å²) in [6.07, 6.45) is 0.0499. The van der Waals surface area contributed by atoms with E-state index in [0.29, 0.717) is 12.0 Å². The molecule has 0 fully saturated rings. The van der Waals surface area contributed by atoms with Crippen molar-refractivity contribution in [2.24, 2.45) is 0 Å². The first-order valence-electron chi connectivity index (χ1n) is 7.31. The number of nitrogens with one attached hydrogen (secondary N) is 1. The first-order valence-corrected chi connectivity index (χ1v) is 7.31. The molecule has 2 aromatic rings. The largest absolute Gasteiger partial charge is 0.445 e. The van der Waals surface area contributed by atoms with Gasteiger partial charge in [-0.25, -0.2) is 4.79 Å². The van der Waals surface area contributed by atoms with Gasteiger partial charge in [-0.05, 0) is 17.5 Å². The molecular formula is C17H18N2O4. The molecule has 1 amide bonds. The molecule has 0 aliphatic heterocycles. The Hall–Kier alpha value is -2.89. The van der Waals surface area contributed by atoms with Gasteiger partial charge in [-0.1, -0.05) is 49.4 Å². The first kappa shape index (κ1) is 16.5. The summed E-state index contributed by atoms with van der Waals surface area (Å²) < 4.78 is 5.18. The van der Waals surface area contributed by atoms with Gasteiger partial charge in [-0.2, -0.15) is 0 Å². The van der Waals surface area contributed by atoms with Gasteiger partial charge in [0.15, 0.2) is 0 Å². The van der Waals surface area contributed by atoms with Crippen LogP contribution in [-0.4, -0.2) is 11.0 Å². The van der Waals surface area contributed by atoms with Crippen LogP contribution in [0, 0.1) is 10.1 Å². The number of rotatable bonds is 6. The molecule has 6 heteroatoms. The van der Waals surface area contributed by atoms with E-state index in [1.54, 1.807) is 12.1 Å². The number of carbonyl (C=O) groups excluding carboxylic acids is 1. The Morgan fingerprint density at radius 1 is 1.22 bits per heavy atom. The fourth-order valence-corrected chi connectivity index (χ4v) is 2.18. The molecule has 0 heterocycles. The van der Waals surface area contributed by atoms with Crippen molar-refractivity contribution >= 4 is 11.8 Å². The summed E-state index contributed by atoms with van der Waals surface area (Å²) in [4.78, 5) is 22.3. The standard InChI is InChI=1S/C17H18N2O4/c1-2-16(14-9-6-10-15(11-14)19(21)22)18-17(20)23-12-13-7-4-3-5-8-13/h3-11,16H,2,12H2,1H3,(H,18,20). The SMILES string of the molecule is CCC(NC(=O)OCc1ccccc1)c1cccc([N+](=O)[O-])c1. The van der Waals surface area contributed by atoms with Gasteiger partial charge in [0.2, 0.25) is 0 Å². The highest BCUT2D eigenvalue weighted by Gasteiger charge is 2.16. The maximum atomic E-state index is 11.9. The van der Waals surface area contributed by atoms with E-state index in [-0.39, 0.29) is 18.3 Å². The lowest BCUT2D eigenvalue weighted by Gasteiger charge is -2.17. The van der Waals surface area contributed by atoms with Gasteiger partial charge in [0.1, 0.15) is 6.61 Å². The summed E-state index contributed by atoms with van der Waals surface area (Å²) in [5, 5.41) is 13.6. The average molecular weight is 314 g/mol. The normalized spacial score (nSPS) is 11.5. The highest BCUT2D eigenvalue weighted by Crippen LogP contribution is 2.21. The van der Waals surface area contributed by atoms with Crippen LogP contribution in [0.4, 0.5) is 10.5 Å². The number of benzene rings is 2. The predicted octanol–water partition coefficient (Wildman–Crippen LogP) is 3.97. The van der Waals surface area contributed by atoms with Crippen molar-refractivity contribution < 1.29 is 14.5 Å². The molecular weight excluding hydrogens is 296 g/mol. The molecule has 1 N–H and O–H groups in total. The number of alkyl carbamates (subject to hydrolysis) is 1. The minimum atomic E-state index is -0.549. The number of amides is 1. The van der Waals surface area contributed by atoms with Gasteiger partial charge in [0.05, 0.1) is 11.0 Å². The minimum absolute atomic E-state index is 0.000373. The number of hydrogen-bond acceptors (Lipinski definition) is 4. The van der Waals surface area contributed by atoms with Crippen LogP contribution >= 0.6 is 0 Å². The highest BCUT2D eigenvalue weighted by molar-refractivity contribution is 5.68. The van der Waals surface area contributed by atoms with Crippen LogP contribution in [0.3, 0.4) is 0 Å². The van der Waals surface area contributed by atoms with Crippen LogP contribution < -0.4 is 5.32 Å². The zero-order valence-electron chi connectivity index (χ0n) is 12.8. The molecule has 1 atom stereocenters. The highest BCUT2D eigenvalue weighted by atomic mass is 16.6. The van der Waals surface area contributed by atoms with Gasteiger partial charge in [0, 0.05) is 12.1 Å². The van der Waals surface area contributed by atoms with Crippen molar-refractivity contribution in [1.82, 2.24) is 5.32 Å². The Morgan fingerprint density at radius 2 is 1.96 bits per heavy atom. The number of nitro groups is 1. The van der Waals surface area contributed by atoms with E-state index in [4.69, 9.17) is 4.74 Å². The van der Waals surface area contributed by atoms with Crippen LogP contribution in [-0.2, 0) is 11.3 Å². The molecule has 0 bridgehead atoms. The number of nitrogens with zero attached hydrogens (tertiary/aromatic N) is 1. The predicted molar refractivity (Wildman–Crippen MR) is 85.9 cm³/mol. The molecule has 0 saturated carbocycles. The lowest BCUT2D eigenvalue weighted by Crippen LogP contribution is -2.28. The number of nitro benzene ring substituents is 1. The van der Waals surface area contributed by atoms with Gasteiger partial charge >= 0.3 is 6.09 Å². The van der Waals surface area contributed by atoms with E-state index in [1.807, 2.05) is 37.3 Å². The average Bonchev–Trinajstić information content (AvgIpc) is 2.59. The van der Waals surface area contributed by atoms with Crippen LogP contribution in [0.2, 0.25) is 0 Å². The van der Waals surface area contributed by atoms with Gasteiger partial charge in [0.25, 0.3) is 5.69 Å². The summed E-state index contributed by atoms with van der Waals surface area (Å²) >= 11 is 0. The van der Waals surface area contributed by atoms with Gasteiger partial charge < -0.3 is 10.1 Å². The molecule has 0 aliphatic rings. The summed E-state index contributed by atoms with van der Waals surface area (Å²) in [6.45, 7) is 2.07. The van der Waals surface area contributed by atoms with Crippen LogP contribution in [0.1, 0.15) is 30.5 Å². The monoisotopic (exact) mass is 314 g/mol. The van der Waals surface area contributed by atoms with Crippen molar-refractivity contribution in [2.45, 2.75) is 26.0 Å². The van der Waals surface area contributed by atoms with Crippen LogP contribution in [0.15, 0.2) is 54.6 Å². The zero-order chi connectivity index (χ0) is 16.7. The van der Waals surface area contributed by atoms with Crippen molar-refractivity contribution in [1.29, 1.82) is 0 Å². The van der Waals surface area contributed by atoms with Crippen LogP contribution in [0.25, 0.3) is 0 Å². The van der Waals surface area contributed by atoms with E-state index in [1.165, 1.54) is 12.1 Å². The smallest absolute Gasteiger partial charge is 0.407 e. The van der Waals surface area contributed by atoms with Gasteiger partial charge in [-0.3, -0.25) is 10.1 Å². The number of carbonyl (C=O) groups is 1. The molecule has 23 heavy (non-hydrogen) atoms. The number of non-ortho nitro benzene ring substituents is 1. The molecule has 2 aromatic carbocycles. The number of ether oxygens (including phenoxy) is 1. The number of hydrogen-bond donors (Lipinski definition) is 1. The second kappa shape index (κ2) is 7.93. The fraction of sp³-hybridized carbons (Fsp3) is 0.235. The Kier molecular flexibility index (Phi) is 5.68. The molecule has 120 valence electrons. The Labute approximate surface area is 134 Å². The molecule has 0 aliphatic carbocycles. The summed E-state index contributed by atoms with van der Waals surface area (Å²) in [5.41, 5.74) is 1.57. The van der Waals surface area contributed by atoms with Gasteiger partial charge in [-0.15, -0.1) is 0 Å².